The van der Waals surface area contributed by atoms with Gasteiger partial charge in [-0.15, -0.1) is 0 Å². The molecule has 21 heavy (non-hydrogen) atoms. The van der Waals surface area contributed by atoms with E-state index < -0.39 is 0 Å². The van der Waals surface area contributed by atoms with Gasteiger partial charge in [-0.2, -0.15) is 0 Å². The summed E-state index contributed by atoms with van der Waals surface area (Å²) >= 11 is 0. The Hall–Kier alpha value is -1.61. The van der Waals surface area contributed by atoms with Crippen LogP contribution in [0.4, 0.5) is 0 Å². The first-order valence-corrected chi connectivity index (χ1v) is 7.76. The molecule has 3 heteroatoms. The number of ether oxygens (including phenoxy) is 1. The molecule has 1 aromatic carbocycles. The molecule has 1 amide bonds. The summed E-state index contributed by atoms with van der Waals surface area (Å²) in [5.74, 6) is 0.569. The molecule has 0 saturated heterocycles. The summed E-state index contributed by atoms with van der Waals surface area (Å²) < 4.78 is 5.56. The monoisotopic (exact) mass is 287 g/mol. The lowest BCUT2D eigenvalue weighted by Gasteiger charge is -2.10. The molecule has 1 N–H and O–H groups in total. The second-order valence-electron chi connectivity index (χ2n) is 5.92. The van der Waals surface area contributed by atoms with Gasteiger partial charge in [-0.1, -0.05) is 36.4 Å². The zero-order valence-corrected chi connectivity index (χ0v) is 13.0. The Morgan fingerprint density at radius 2 is 2.00 bits per heavy atom. The summed E-state index contributed by atoms with van der Waals surface area (Å²) in [4.78, 5) is 11.9. The van der Waals surface area contributed by atoms with Crippen molar-refractivity contribution in [1.82, 2.24) is 5.32 Å². The summed E-state index contributed by atoms with van der Waals surface area (Å²) in [5, 5.41) is 2.99. The van der Waals surface area contributed by atoms with Gasteiger partial charge in [-0.3, -0.25) is 4.79 Å². The van der Waals surface area contributed by atoms with Crippen LogP contribution in [0.5, 0.6) is 0 Å². The Bertz CT molecular complexity index is 476. The van der Waals surface area contributed by atoms with Gasteiger partial charge in [0, 0.05) is 13.0 Å². The summed E-state index contributed by atoms with van der Waals surface area (Å²) in [7, 11) is 0. The Balaban J connectivity index is 1.72. The zero-order valence-electron chi connectivity index (χ0n) is 13.0. The van der Waals surface area contributed by atoms with Gasteiger partial charge >= 0.3 is 0 Å². The minimum absolute atomic E-state index is 0.138. The maximum atomic E-state index is 11.9. The van der Waals surface area contributed by atoms with Crippen LogP contribution in [0, 0.1) is 5.92 Å². The van der Waals surface area contributed by atoms with Crippen LogP contribution in [0.25, 0.3) is 0 Å². The van der Waals surface area contributed by atoms with Gasteiger partial charge in [-0.05, 0) is 43.7 Å². The van der Waals surface area contributed by atoms with Crippen molar-refractivity contribution in [3.8, 4) is 0 Å². The average molecular weight is 287 g/mol. The van der Waals surface area contributed by atoms with E-state index in [9.17, 15) is 4.79 Å². The van der Waals surface area contributed by atoms with E-state index in [1.165, 1.54) is 0 Å². The number of carbonyl (C=O) groups is 1. The van der Waals surface area contributed by atoms with Gasteiger partial charge in [0.15, 0.2) is 0 Å². The third kappa shape index (κ3) is 5.72. The highest BCUT2D eigenvalue weighted by Crippen LogP contribution is 2.20. The van der Waals surface area contributed by atoms with E-state index >= 15 is 0 Å². The maximum absolute atomic E-state index is 11.9. The molecule has 0 bridgehead atoms. The number of rotatable bonds is 7. The number of amides is 1. The highest BCUT2D eigenvalue weighted by molar-refractivity contribution is 5.76. The zero-order chi connectivity index (χ0) is 15.1. The number of hydrogen-bond donors (Lipinski definition) is 1. The van der Waals surface area contributed by atoms with E-state index in [2.05, 4.69) is 41.7 Å². The Morgan fingerprint density at radius 1 is 1.29 bits per heavy atom. The minimum atomic E-state index is 0.138. The first kappa shape index (κ1) is 15.8. The van der Waals surface area contributed by atoms with Gasteiger partial charge in [-0.25, -0.2) is 0 Å². The van der Waals surface area contributed by atoms with Crippen LogP contribution < -0.4 is 5.32 Å². The van der Waals surface area contributed by atoms with Crippen LogP contribution in [0.1, 0.15) is 44.2 Å². The predicted octanol–water partition coefficient (Wildman–Crippen LogP) is 3.58. The normalized spacial score (nSPS) is 17.4. The van der Waals surface area contributed by atoms with Crippen LogP contribution in [-0.2, 0) is 22.7 Å². The third-order valence-corrected chi connectivity index (χ3v) is 3.66. The number of carbonyl (C=O) groups excluding carboxylic acids is 1. The fourth-order valence-electron chi connectivity index (χ4n) is 2.39. The number of nitrogens with one attached hydrogen (secondary N) is 1. The average Bonchev–Trinajstić information content (AvgIpc) is 2.97. The molecular formula is C18H25NO2. The topological polar surface area (TPSA) is 38.3 Å². The van der Waals surface area contributed by atoms with Gasteiger partial charge in [0.25, 0.3) is 0 Å². The van der Waals surface area contributed by atoms with Crippen LogP contribution in [-0.4, -0.2) is 12.0 Å². The van der Waals surface area contributed by atoms with Crippen molar-refractivity contribution < 1.29 is 9.53 Å². The highest BCUT2D eigenvalue weighted by atomic mass is 16.5. The second kappa shape index (κ2) is 7.99. The van der Waals surface area contributed by atoms with Gasteiger partial charge < -0.3 is 10.1 Å². The standard InChI is InChI=1S/C18H25NO2/c1-14(2)21-13-17-9-7-16(8-10-17)12-19-18(20)11-15-5-3-4-6-15/h3,5,7-10,14-15H,4,6,11-13H2,1-2H3,(H,19,20)/t15-/m0/s1. The molecule has 1 aliphatic rings. The van der Waals surface area contributed by atoms with Crippen LogP contribution >= 0.6 is 0 Å². The molecule has 2 rings (SSSR count). The SMILES string of the molecule is CC(C)OCc1ccc(CNC(=O)C[C@H]2C=CCC2)cc1. The van der Waals surface area contributed by atoms with Gasteiger partial charge in [0.05, 0.1) is 12.7 Å². The molecular weight excluding hydrogens is 262 g/mol. The first-order chi connectivity index (χ1) is 10.1. The predicted molar refractivity (Wildman–Crippen MR) is 84.7 cm³/mol. The smallest absolute Gasteiger partial charge is 0.220 e. The summed E-state index contributed by atoms with van der Waals surface area (Å²) in [6.07, 6.45) is 7.39. The molecule has 114 valence electrons. The fourth-order valence-corrected chi connectivity index (χ4v) is 2.39. The van der Waals surface area contributed by atoms with E-state index in [1.807, 2.05) is 13.8 Å². The lowest BCUT2D eigenvalue weighted by atomic mass is 10.0. The molecule has 0 unspecified atom stereocenters. The number of allylic oxidation sites excluding steroid dienone is 2. The molecule has 1 aliphatic carbocycles. The molecule has 1 aromatic rings. The first-order valence-electron chi connectivity index (χ1n) is 7.76. The summed E-state index contributed by atoms with van der Waals surface area (Å²) in [6.45, 7) is 5.30. The Kier molecular flexibility index (Phi) is 6.00. The number of benzene rings is 1. The molecule has 0 radical (unpaired) electrons. The third-order valence-electron chi connectivity index (χ3n) is 3.66. The molecule has 0 saturated carbocycles. The lowest BCUT2D eigenvalue weighted by molar-refractivity contribution is -0.121. The highest BCUT2D eigenvalue weighted by Gasteiger charge is 2.13. The van der Waals surface area contributed by atoms with Gasteiger partial charge in [0.2, 0.25) is 5.91 Å². The Morgan fingerprint density at radius 3 is 2.62 bits per heavy atom. The summed E-state index contributed by atoms with van der Waals surface area (Å²) in [5.41, 5.74) is 2.29. The Labute approximate surface area is 127 Å². The van der Waals surface area contributed by atoms with Crippen molar-refractivity contribution in [2.24, 2.45) is 5.92 Å². The molecule has 1 atom stereocenters. The van der Waals surface area contributed by atoms with Crippen LogP contribution in [0.3, 0.4) is 0 Å². The van der Waals surface area contributed by atoms with E-state index in [0.717, 1.165) is 24.0 Å². The van der Waals surface area contributed by atoms with E-state index in [0.29, 0.717) is 25.5 Å². The lowest BCUT2D eigenvalue weighted by Crippen LogP contribution is -2.24. The van der Waals surface area contributed by atoms with Crippen molar-refractivity contribution >= 4 is 5.91 Å². The van der Waals surface area contributed by atoms with E-state index in [1.54, 1.807) is 0 Å². The fraction of sp³-hybridized carbons (Fsp3) is 0.500. The molecule has 0 aromatic heterocycles. The van der Waals surface area contributed by atoms with Gasteiger partial charge in [0.1, 0.15) is 0 Å². The molecule has 0 spiro atoms. The molecule has 0 fully saturated rings. The van der Waals surface area contributed by atoms with Crippen LogP contribution in [0.2, 0.25) is 0 Å². The maximum Gasteiger partial charge on any atom is 0.220 e. The summed E-state index contributed by atoms with van der Waals surface area (Å²) in [6, 6.07) is 8.22. The molecule has 0 heterocycles. The minimum Gasteiger partial charge on any atom is -0.374 e. The van der Waals surface area contributed by atoms with Crippen molar-refractivity contribution in [1.29, 1.82) is 0 Å². The number of hydrogen-bond acceptors (Lipinski definition) is 2. The quantitative estimate of drug-likeness (QED) is 0.778. The molecule has 0 aliphatic heterocycles. The largest absolute Gasteiger partial charge is 0.374 e. The van der Waals surface area contributed by atoms with E-state index in [-0.39, 0.29) is 12.0 Å². The van der Waals surface area contributed by atoms with Crippen molar-refractivity contribution in [3.63, 3.8) is 0 Å². The van der Waals surface area contributed by atoms with Crippen molar-refractivity contribution in [2.45, 2.75) is 52.4 Å². The van der Waals surface area contributed by atoms with Crippen molar-refractivity contribution in [3.05, 3.63) is 47.5 Å². The second-order valence-corrected chi connectivity index (χ2v) is 5.92. The van der Waals surface area contributed by atoms with E-state index in [4.69, 9.17) is 4.74 Å². The van der Waals surface area contributed by atoms with Crippen LogP contribution in [0.15, 0.2) is 36.4 Å². The van der Waals surface area contributed by atoms with Crippen molar-refractivity contribution in [2.75, 3.05) is 0 Å². The molecule has 3 nitrogen and oxygen atoms in total.